The highest BCUT2D eigenvalue weighted by Gasteiger charge is 2.19. The number of nitrogens with one attached hydrogen (secondary N) is 1. The van der Waals surface area contributed by atoms with Crippen molar-refractivity contribution in [2.24, 2.45) is 0 Å². The van der Waals surface area contributed by atoms with Gasteiger partial charge in [-0.1, -0.05) is 35.9 Å². The Balaban J connectivity index is 1.55. The van der Waals surface area contributed by atoms with Crippen LogP contribution >= 0.6 is 11.6 Å². The molecule has 7 heteroatoms. The number of halogens is 1. The fraction of sp³-hybridized carbons (Fsp3) is 0.227. The van der Waals surface area contributed by atoms with E-state index in [1.165, 1.54) is 0 Å². The summed E-state index contributed by atoms with van der Waals surface area (Å²) < 4.78 is 7.18. The van der Waals surface area contributed by atoms with Crippen molar-refractivity contribution in [2.75, 3.05) is 0 Å². The van der Waals surface area contributed by atoms with Crippen molar-refractivity contribution < 1.29 is 14.3 Å². The number of esters is 1. The Morgan fingerprint density at radius 2 is 1.83 bits per heavy atom. The van der Waals surface area contributed by atoms with Crippen molar-refractivity contribution in [1.82, 2.24) is 15.1 Å². The van der Waals surface area contributed by atoms with Gasteiger partial charge in [0.2, 0.25) is 0 Å². The van der Waals surface area contributed by atoms with Crippen LogP contribution in [0.3, 0.4) is 0 Å². The maximum absolute atomic E-state index is 12.2. The molecule has 150 valence electrons. The third-order valence-electron chi connectivity index (χ3n) is 4.39. The molecule has 1 N–H and O–H groups in total. The number of nitrogens with zero attached hydrogens (tertiary/aromatic N) is 2. The summed E-state index contributed by atoms with van der Waals surface area (Å²) in [6, 6.07) is 15.5. The van der Waals surface area contributed by atoms with Crippen LogP contribution < -0.4 is 5.32 Å². The second-order valence-electron chi connectivity index (χ2n) is 6.79. The van der Waals surface area contributed by atoms with Crippen LogP contribution in [0, 0.1) is 13.8 Å². The third kappa shape index (κ3) is 5.03. The van der Waals surface area contributed by atoms with E-state index < -0.39 is 17.9 Å². The minimum absolute atomic E-state index is 0.114. The molecule has 29 heavy (non-hydrogen) atoms. The van der Waals surface area contributed by atoms with Gasteiger partial charge >= 0.3 is 5.97 Å². The van der Waals surface area contributed by atoms with Crippen LogP contribution in [-0.2, 0) is 16.1 Å². The van der Waals surface area contributed by atoms with Crippen molar-refractivity contribution >= 4 is 23.5 Å². The van der Waals surface area contributed by atoms with Gasteiger partial charge in [0, 0.05) is 5.69 Å². The quantitative estimate of drug-likeness (QED) is 0.622. The Kier molecular flexibility index (Phi) is 6.34. The number of benzene rings is 2. The highest BCUT2D eigenvalue weighted by atomic mass is 35.5. The van der Waals surface area contributed by atoms with E-state index in [0.29, 0.717) is 10.6 Å². The van der Waals surface area contributed by atoms with Gasteiger partial charge in [0.05, 0.1) is 22.0 Å². The summed E-state index contributed by atoms with van der Waals surface area (Å²) in [6.45, 7) is 5.63. The number of hydrogen-bond acceptors (Lipinski definition) is 4. The van der Waals surface area contributed by atoms with Crippen LogP contribution in [0.1, 0.15) is 34.2 Å². The van der Waals surface area contributed by atoms with Crippen LogP contribution in [0.25, 0.3) is 5.69 Å². The maximum atomic E-state index is 12.2. The molecule has 0 aliphatic carbocycles. The SMILES string of the molecule is Cc1cc(C)n(-c2ccc(COC(=O)[C@H](C)NC(=O)c3ccccc3Cl)cc2)n1. The molecule has 0 spiro atoms. The van der Waals surface area contributed by atoms with Crippen LogP contribution in [-0.4, -0.2) is 27.7 Å². The average molecular weight is 412 g/mol. The predicted molar refractivity (Wildman–Crippen MR) is 111 cm³/mol. The van der Waals surface area contributed by atoms with Gasteiger partial charge in [-0.05, 0) is 56.7 Å². The Morgan fingerprint density at radius 1 is 1.14 bits per heavy atom. The maximum Gasteiger partial charge on any atom is 0.328 e. The molecule has 0 aliphatic heterocycles. The summed E-state index contributed by atoms with van der Waals surface area (Å²) in [7, 11) is 0. The number of hydrogen-bond donors (Lipinski definition) is 1. The lowest BCUT2D eigenvalue weighted by Gasteiger charge is -2.14. The topological polar surface area (TPSA) is 73.2 Å². The van der Waals surface area contributed by atoms with E-state index in [2.05, 4.69) is 10.4 Å². The molecule has 2 aromatic carbocycles. The van der Waals surface area contributed by atoms with Gasteiger partial charge in [-0.3, -0.25) is 4.79 Å². The van der Waals surface area contributed by atoms with Crippen LogP contribution in [0.4, 0.5) is 0 Å². The second kappa shape index (κ2) is 8.92. The molecule has 0 saturated carbocycles. The summed E-state index contributed by atoms with van der Waals surface area (Å²) in [5.41, 5.74) is 4.09. The van der Waals surface area contributed by atoms with Crippen molar-refractivity contribution in [3.8, 4) is 5.69 Å². The molecular weight excluding hydrogens is 390 g/mol. The summed E-state index contributed by atoms with van der Waals surface area (Å²) in [6.07, 6.45) is 0. The minimum atomic E-state index is -0.798. The van der Waals surface area contributed by atoms with Crippen LogP contribution in [0.2, 0.25) is 5.02 Å². The number of aryl methyl sites for hydroxylation is 2. The molecule has 1 atom stereocenters. The van der Waals surface area contributed by atoms with Gasteiger partial charge in [0.15, 0.2) is 0 Å². The van der Waals surface area contributed by atoms with Crippen molar-refractivity contribution in [3.05, 3.63) is 82.1 Å². The molecule has 0 saturated heterocycles. The minimum Gasteiger partial charge on any atom is -0.459 e. The first kappa shape index (κ1) is 20.6. The number of carbonyl (C=O) groups excluding carboxylic acids is 2. The van der Waals surface area contributed by atoms with Crippen LogP contribution in [0.15, 0.2) is 54.6 Å². The molecular formula is C22H22ClN3O3. The highest BCUT2D eigenvalue weighted by molar-refractivity contribution is 6.33. The smallest absolute Gasteiger partial charge is 0.328 e. The summed E-state index contributed by atoms with van der Waals surface area (Å²) in [5.74, 6) is -0.942. The Hall–Kier alpha value is -3.12. The Labute approximate surface area is 174 Å². The first-order valence-corrected chi connectivity index (χ1v) is 9.57. The second-order valence-corrected chi connectivity index (χ2v) is 7.20. The lowest BCUT2D eigenvalue weighted by Crippen LogP contribution is -2.39. The van der Waals surface area contributed by atoms with Crippen molar-refractivity contribution in [2.45, 2.75) is 33.4 Å². The molecule has 0 aliphatic rings. The first-order valence-electron chi connectivity index (χ1n) is 9.20. The normalized spacial score (nSPS) is 11.7. The first-order chi connectivity index (χ1) is 13.8. The average Bonchev–Trinajstić information content (AvgIpc) is 3.04. The van der Waals surface area contributed by atoms with E-state index in [0.717, 1.165) is 22.6 Å². The zero-order valence-corrected chi connectivity index (χ0v) is 17.2. The van der Waals surface area contributed by atoms with E-state index in [4.69, 9.17) is 16.3 Å². The largest absolute Gasteiger partial charge is 0.459 e. The monoisotopic (exact) mass is 411 g/mol. The zero-order valence-electron chi connectivity index (χ0n) is 16.5. The molecule has 3 aromatic rings. The van der Waals surface area contributed by atoms with Gasteiger partial charge in [-0.25, -0.2) is 9.48 Å². The Bertz CT molecular complexity index is 1030. The fourth-order valence-electron chi connectivity index (χ4n) is 2.88. The van der Waals surface area contributed by atoms with E-state index in [1.807, 2.05) is 48.9 Å². The van der Waals surface area contributed by atoms with Gasteiger partial charge < -0.3 is 10.1 Å². The lowest BCUT2D eigenvalue weighted by atomic mass is 10.2. The standard InChI is InChI=1S/C22H22ClN3O3/c1-14-12-15(2)26(25-14)18-10-8-17(9-11-18)13-29-22(28)16(3)24-21(27)19-6-4-5-7-20(19)23/h4-12,16H,13H2,1-3H3,(H,24,27)/t16-/m0/s1. The van der Waals surface area contributed by atoms with Crippen molar-refractivity contribution in [1.29, 1.82) is 0 Å². The van der Waals surface area contributed by atoms with Gasteiger partial charge in [0.25, 0.3) is 5.91 Å². The molecule has 1 aromatic heterocycles. The number of carbonyl (C=O) groups is 2. The number of ether oxygens (including phenoxy) is 1. The summed E-state index contributed by atoms with van der Waals surface area (Å²) in [4.78, 5) is 24.5. The number of rotatable bonds is 6. The van der Waals surface area contributed by atoms with Gasteiger partial charge in [0.1, 0.15) is 12.6 Å². The zero-order chi connectivity index (χ0) is 21.0. The summed E-state index contributed by atoms with van der Waals surface area (Å²) in [5, 5.41) is 7.38. The van der Waals surface area contributed by atoms with Gasteiger partial charge in [-0.2, -0.15) is 5.10 Å². The van der Waals surface area contributed by atoms with Crippen LogP contribution in [0.5, 0.6) is 0 Å². The van der Waals surface area contributed by atoms with Gasteiger partial charge in [-0.15, -0.1) is 0 Å². The molecule has 0 radical (unpaired) electrons. The summed E-state index contributed by atoms with van der Waals surface area (Å²) >= 11 is 6.01. The predicted octanol–water partition coefficient (Wildman–Crippen LogP) is 4.00. The van der Waals surface area contributed by atoms with E-state index >= 15 is 0 Å². The molecule has 0 bridgehead atoms. The molecule has 0 unspecified atom stereocenters. The van der Waals surface area contributed by atoms with E-state index in [9.17, 15) is 9.59 Å². The lowest BCUT2D eigenvalue weighted by molar-refractivity contribution is -0.146. The molecule has 6 nitrogen and oxygen atoms in total. The number of amides is 1. The Morgan fingerprint density at radius 3 is 2.45 bits per heavy atom. The van der Waals surface area contributed by atoms with E-state index in [-0.39, 0.29) is 6.61 Å². The third-order valence-corrected chi connectivity index (χ3v) is 4.72. The van der Waals surface area contributed by atoms with E-state index in [1.54, 1.807) is 31.2 Å². The molecule has 1 heterocycles. The fourth-order valence-corrected chi connectivity index (χ4v) is 3.10. The molecule has 0 fully saturated rings. The molecule has 3 rings (SSSR count). The van der Waals surface area contributed by atoms with Crippen molar-refractivity contribution in [3.63, 3.8) is 0 Å². The highest BCUT2D eigenvalue weighted by Crippen LogP contribution is 2.15. The molecule has 1 amide bonds. The number of aromatic nitrogens is 2.